The van der Waals surface area contributed by atoms with Crippen molar-refractivity contribution in [3.8, 4) is 0 Å². The van der Waals surface area contributed by atoms with Gasteiger partial charge in [0.1, 0.15) is 11.9 Å². The summed E-state index contributed by atoms with van der Waals surface area (Å²) in [6, 6.07) is 14.7. The Morgan fingerprint density at radius 3 is 2.15 bits per heavy atom. The van der Waals surface area contributed by atoms with Gasteiger partial charge in [-0.1, -0.05) is 30.3 Å². The molecule has 2 amide bonds. The molecule has 0 radical (unpaired) electrons. The molecule has 26 heavy (non-hydrogen) atoms. The molecule has 3 saturated heterocycles. The maximum absolute atomic E-state index is 13.4. The van der Waals surface area contributed by atoms with Crippen LogP contribution in [0.15, 0.2) is 54.6 Å². The second-order valence-electron chi connectivity index (χ2n) is 6.99. The van der Waals surface area contributed by atoms with Crippen LogP contribution < -0.4 is 4.90 Å². The smallest absolute Gasteiger partial charge is 0.253 e. The quantitative estimate of drug-likeness (QED) is 0.779. The van der Waals surface area contributed by atoms with Gasteiger partial charge in [0.15, 0.2) is 0 Å². The monoisotopic (exact) mass is 351 g/mol. The molecular formula is C20H18FN3O2. The molecule has 0 spiro atoms. The van der Waals surface area contributed by atoms with Crippen LogP contribution in [0.1, 0.15) is 18.0 Å². The topological polar surface area (TPSA) is 43.9 Å². The molecule has 3 aliphatic rings. The van der Waals surface area contributed by atoms with E-state index >= 15 is 0 Å². The molecule has 0 aliphatic carbocycles. The van der Waals surface area contributed by atoms with Crippen molar-refractivity contribution in [3.05, 3.63) is 66.0 Å². The van der Waals surface area contributed by atoms with E-state index in [1.165, 1.54) is 17.0 Å². The molecule has 3 atom stereocenters. The average Bonchev–Trinajstić information content (AvgIpc) is 3.29. The van der Waals surface area contributed by atoms with Gasteiger partial charge in [-0.2, -0.15) is 0 Å². The summed E-state index contributed by atoms with van der Waals surface area (Å²) in [5.41, 5.74) is 1.49. The maximum Gasteiger partial charge on any atom is 0.253 e. The summed E-state index contributed by atoms with van der Waals surface area (Å²) in [6.45, 7) is 1.57. The largest absolute Gasteiger partial charge is 0.274 e. The highest BCUT2D eigenvalue weighted by Gasteiger charge is 2.62. The van der Waals surface area contributed by atoms with Gasteiger partial charge in [0, 0.05) is 13.1 Å². The number of hydrogen-bond acceptors (Lipinski definition) is 4. The number of benzene rings is 2. The third-order valence-corrected chi connectivity index (χ3v) is 5.63. The Labute approximate surface area is 150 Å². The number of anilines is 1. The summed E-state index contributed by atoms with van der Waals surface area (Å²) in [5.74, 6) is -1.10. The highest BCUT2D eigenvalue weighted by atomic mass is 19.1. The minimum absolute atomic E-state index is 0.164. The molecule has 0 saturated carbocycles. The van der Waals surface area contributed by atoms with Gasteiger partial charge in [0.05, 0.1) is 17.6 Å². The third-order valence-electron chi connectivity index (χ3n) is 5.63. The first-order chi connectivity index (χ1) is 12.7. The number of amides is 2. The van der Waals surface area contributed by atoms with Crippen molar-refractivity contribution in [1.29, 1.82) is 0 Å². The molecule has 0 N–H and O–H groups in total. The van der Waals surface area contributed by atoms with Crippen LogP contribution in [-0.4, -0.2) is 41.0 Å². The lowest BCUT2D eigenvalue weighted by Crippen LogP contribution is -2.44. The molecule has 3 aliphatic heterocycles. The normalized spacial score (nSPS) is 28.7. The van der Waals surface area contributed by atoms with Crippen LogP contribution in [0, 0.1) is 11.7 Å². The van der Waals surface area contributed by atoms with Crippen LogP contribution in [0.3, 0.4) is 0 Å². The number of carbonyl (C=O) groups excluding carboxylic acids is 2. The lowest BCUT2D eigenvalue weighted by atomic mass is 9.90. The van der Waals surface area contributed by atoms with E-state index in [1.54, 1.807) is 24.3 Å². The van der Waals surface area contributed by atoms with Crippen LogP contribution in [-0.2, 0) is 9.59 Å². The van der Waals surface area contributed by atoms with E-state index in [9.17, 15) is 14.0 Å². The van der Waals surface area contributed by atoms with Gasteiger partial charge < -0.3 is 0 Å². The van der Waals surface area contributed by atoms with E-state index in [0.29, 0.717) is 5.69 Å². The zero-order chi connectivity index (χ0) is 17.8. The number of hydrazine groups is 1. The first kappa shape index (κ1) is 15.7. The molecule has 5 rings (SSSR count). The maximum atomic E-state index is 13.4. The first-order valence-electron chi connectivity index (χ1n) is 8.88. The van der Waals surface area contributed by atoms with E-state index in [-0.39, 0.29) is 23.7 Å². The van der Waals surface area contributed by atoms with Crippen molar-refractivity contribution in [2.75, 3.05) is 18.0 Å². The van der Waals surface area contributed by atoms with Crippen molar-refractivity contribution in [1.82, 2.24) is 10.0 Å². The fourth-order valence-electron chi connectivity index (χ4n) is 4.60. The molecule has 132 valence electrons. The van der Waals surface area contributed by atoms with Gasteiger partial charge in [-0.3, -0.25) is 9.59 Å². The van der Waals surface area contributed by atoms with Crippen LogP contribution >= 0.6 is 0 Å². The summed E-state index contributed by atoms with van der Waals surface area (Å²) < 4.78 is 13.4. The summed E-state index contributed by atoms with van der Waals surface area (Å²) in [5, 5.41) is 4.17. The molecule has 2 aromatic rings. The molecule has 0 bridgehead atoms. The number of carbonyl (C=O) groups is 2. The Balaban J connectivity index is 1.59. The number of halogens is 1. The predicted octanol–water partition coefficient (Wildman–Crippen LogP) is 2.36. The van der Waals surface area contributed by atoms with Crippen LogP contribution in [0.4, 0.5) is 10.1 Å². The molecule has 3 heterocycles. The van der Waals surface area contributed by atoms with Crippen LogP contribution in [0.5, 0.6) is 0 Å². The predicted molar refractivity (Wildman–Crippen MR) is 93.4 cm³/mol. The second kappa shape index (κ2) is 5.72. The van der Waals surface area contributed by atoms with Crippen molar-refractivity contribution in [2.24, 2.45) is 5.92 Å². The minimum Gasteiger partial charge on any atom is -0.274 e. The Hall–Kier alpha value is -2.57. The lowest BCUT2D eigenvalue weighted by Gasteiger charge is -2.29. The first-order valence-corrected chi connectivity index (χ1v) is 8.88. The summed E-state index contributed by atoms with van der Waals surface area (Å²) in [7, 11) is 0. The van der Waals surface area contributed by atoms with E-state index < -0.39 is 12.0 Å². The summed E-state index contributed by atoms with van der Waals surface area (Å²) in [6.07, 6.45) is 0.952. The second-order valence-corrected chi connectivity index (χ2v) is 6.99. The molecule has 0 unspecified atom stereocenters. The Bertz CT molecular complexity index is 870. The number of nitrogens with zero attached hydrogens (tertiary/aromatic N) is 3. The SMILES string of the molecule is O=C1[C@@H]2[C@@H](C(=O)N1c1ccccc1)N1CCCN1[C@@H]2c1ccc(F)cc1. The van der Waals surface area contributed by atoms with Crippen molar-refractivity contribution >= 4 is 17.5 Å². The molecule has 0 aromatic heterocycles. The molecule has 2 aromatic carbocycles. The zero-order valence-corrected chi connectivity index (χ0v) is 14.1. The fraction of sp³-hybridized carbons (Fsp3) is 0.300. The van der Waals surface area contributed by atoms with Gasteiger partial charge in [0.2, 0.25) is 5.91 Å². The van der Waals surface area contributed by atoms with Gasteiger partial charge in [0.25, 0.3) is 5.91 Å². The standard InChI is InChI=1S/C20H18FN3O2/c21-14-9-7-13(8-10-14)17-16-18(23-12-4-11-22(17)23)20(26)24(19(16)25)15-5-2-1-3-6-15/h1-3,5-10,16-18H,4,11-12H2/t16-,17+,18-/m0/s1. The number of fused-ring (bicyclic) bond motifs is 3. The van der Waals surface area contributed by atoms with Crippen LogP contribution in [0.25, 0.3) is 0 Å². The molecule has 5 nitrogen and oxygen atoms in total. The average molecular weight is 351 g/mol. The van der Waals surface area contributed by atoms with Crippen molar-refractivity contribution in [3.63, 3.8) is 0 Å². The highest BCUT2D eigenvalue weighted by molar-refractivity contribution is 6.24. The number of imide groups is 1. The van der Waals surface area contributed by atoms with Gasteiger partial charge in [-0.15, -0.1) is 0 Å². The minimum atomic E-state index is -0.472. The summed E-state index contributed by atoms with van der Waals surface area (Å²) >= 11 is 0. The fourth-order valence-corrected chi connectivity index (χ4v) is 4.60. The van der Waals surface area contributed by atoms with E-state index in [1.807, 2.05) is 23.2 Å². The van der Waals surface area contributed by atoms with Gasteiger partial charge in [-0.05, 0) is 36.2 Å². The number of rotatable bonds is 2. The lowest BCUT2D eigenvalue weighted by molar-refractivity contribution is -0.126. The van der Waals surface area contributed by atoms with Gasteiger partial charge in [-0.25, -0.2) is 19.3 Å². The van der Waals surface area contributed by atoms with Crippen LogP contribution in [0.2, 0.25) is 0 Å². The Morgan fingerprint density at radius 2 is 1.46 bits per heavy atom. The van der Waals surface area contributed by atoms with Crippen molar-refractivity contribution in [2.45, 2.75) is 18.5 Å². The van der Waals surface area contributed by atoms with E-state index in [2.05, 4.69) is 5.01 Å². The Morgan fingerprint density at radius 1 is 0.808 bits per heavy atom. The Kier molecular flexibility index (Phi) is 3.45. The number of para-hydroxylation sites is 1. The highest BCUT2D eigenvalue weighted by Crippen LogP contribution is 2.48. The molecule has 3 fully saturated rings. The zero-order valence-electron chi connectivity index (χ0n) is 14.1. The van der Waals surface area contributed by atoms with E-state index in [0.717, 1.165) is 25.1 Å². The molecule has 6 heteroatoms. The van der Waals surface area contributed by atoms with E-state index in [4.69, 9.17) is 0 Å². The molecular weight excluding hydrogens is 333 g/mol. The third kappa shape index (κ3) is 2.09. The van der Waals surface area contributed by atoms with Crippen molar-refractivity contribution < 1.29 is 14.0 Å². The van der Waals surface area contributed by atoms with Gasteiger partial charge >= 0.3 is 0 Å². The summed E-state index contributed by atoms with van der Waals surface area (Å²) in [4.78, 5) is 27.7. The number of hydrogen-bond donors (Lipinski definition) is 0.